The Bertz CT molecular complexity index is 275. The molecule has 0 radical (unpaired) electrons. The molecule has 0 saturated carbocycles. The van der Waals surface area contributed by atoms with Crippen molar-refractivity contribution < 1.29 is 8.42 Å². The zero-order valence-electron chi connectivity index (χ0n) is 5.79. The third-order valence-electron chi connectivity index (χ3n) is 1.75. The normalized spacial score (nSPS) is 37.2. The number of rotatable bonds is 0. The lowest BCUT2D eigenvalue weighted by Gasteiger charge is -2.03. The molecule has 0 spiro atoms. The lowest BCUT2D eigenvalue weighted by Crippen LogP contribution is -2.20. The van der Waals surface area contributed by atoms with Gasteiger partial charge in [-0.15, -0.1) is 0 Å². The van der Waals surface area contributed by atoms with Crippen LogP contribution in [-0.4, -0.2) is 25.5 Å². The third-order valence-corrected chi connectivity index (χ3v) is 3.64. The van der Waals surface area contributed by atoms with Crippen LogP contribution in [0.25, 0.3) is 4.85 Å². The molecule has 0 amide bonds. The molecular weight excluding hydrogens is 150 g/mol. The second-order valence-corrected chi connectivity index (χ2v) is 5.13. The summed E-state index contributed by atoms with van der Waals surface area (Å²) in [5, 5.41) is 0. The molecule has 1 heterocycles. The largest absolute Gasteiger partial charge is 0.310 e. The fourth-order valence-corrected chi connectivity index (χ4v) is 3.13. The summed E-state index contributed by atoms with van der Waals surface area (Å²) in [5.41, 5.74) is -0.626. The lowest BCUT2D eigenvalue weighted by molar-refractivity contribution is 0.595. The van der Waals surface area contributed by atoms with Gasteiger partial charge in [0, 0.05) is 13.3 Å². The Morgan fingerprint density at radius 3 is 2.40 bits per heavy atom. The average Bonchev–Trinajstić information content (AvgIpc) is 2.08. The van der Waals surface area contributed by atoms with E-state index in [0.29, 0.717) is 6.42 Å². The van der Waals surface area contributed by atoms with Crippen LogP contribution in [0.15, 0.2) is 0 Å². The summed E-state index contributed by atoms with van der Waals surface area (Å²) >= 11 is 0. The Morgan fingerprint density at radius 2 is 2.20 bits per heavy atom. The predicted molar refractivity (Wildman–Crippen MR) is 38.3 cm³/mol. The van der Waals surface area contributed by atoms with Crippen LogP contribution in [0.2, 0.25) is 0 Å². The molecule has 0 N–H and O–H groups in total. The summed E-state index contributed by atoms with van der Waals surface area (Å²) in [6.07, 6.45) is 0.499. The van der Waals surface area contributed by atoms with Crippen molar-refractivity contribution in [1.82, 2.24) is 0 Å². The number of hydrogen-bond donors (Lipinski definition) is 0. The van der Waals surface area contributed by atoms with E-state index in [2.05, 4.69) is 4.85 Å². The molecule has 1 fully saturated rings. The fraction of sp³-hybridized carbons (Fsp3) is 0.833. The van der Waals surface area contributed by atoms with E-state index in [4.69, 9.17) is 6.57 Å². The van der Waals surface area contributed by atoms with Crippen LogP contribution in [0.3, 0.4) is 0 Å². The first kappa shape index (κ1) is 7.55. The van der Waals surface area contributed by atoms with Crippen LogP contribution in [0, 0.1) is 6.57 Å². The Balaban J connectivity index is 2.89. The van der Waals surface area contributed by atoms with Gasteiger partial charge in [0.05, 0.1) is 5.75 Å². The van der Waals surface area contributed by atoms with Gasteiger partial charge < -0.3 is 4.85 Å². The van der Waals surface area contributed by atoms with Gasteiger partial charge in [-0.1, -0.05) is 0 Å². The van der Waals surface area contributed by atoms with Crippen LogP contribution in [0.5, 0.6) is 0 Å². The minimum absolute atomic E-state index is 0.0451. The maximum Gasteiger partial charge on any atom is 0.244 e. The van der Waals surface area contributed by atoms with Crippen LogP contribution >= 0.6 is 0 Å². The van der Waals surface area contributed by atoms with E-state index in [1.807, 2.05) is 0 Å². The smallest absolute Gasteiger partial charge is 0.244 e. The van der Waals surface area contributed by atoms with E-state index >= 15 is 0 Å². The Hall–Kier alpha value is -0.560. The van der Waals surface area contributed by atoms with Gasteiger partial charge in [0.2, 0.25) is 5.54 Å². The molecule has 0 aliphatic carbocycles. The summed E-state index contributed by atoms with van der Waals surface area (Å²) in [7, 11) is -2.88. The minimum atomic E-state index is -2.88. The third kappa shape index (κ3) is 1.29. The first-order valence-corrected chi connectivity index (χ1v) is 4.89. The SMILES string of the molecule is [C-]#[N+]C1(C)CCS(=O)(=O)C1. The van der Waals surface area contributed by atoms with Crippen LogP contribution in [-0.2, 0) is 9.84 Å². The molecular formula is C6H9NO2S. The van der Waals surface area contributed by atoms with Crippen LogP contribution < -0.4 is 0 Å². The van der Waals surface area contributed by atoms with Crippen molar-refractivity contribution >= 4 is 9.84 Å². The van der Waals surface area contributed by atoms with Crippen molar-refractivity contribution in [1.29, 1.82) is 0 Å². The molecule has 0 aromatic carbocycles. The van der Waals surface area contributed by atoms with E-state index in [-0.39, 0.29) is 11.5 Å². The van der Waals surface area contributed by atoms with Gasteiger partial charge in [-0.25, -0.2) is 15.0 Å². The van der Waals surface area contributed by atoms with Crippen LogP contribution in [0.4, 0.5) is 0 Å². The van der Waals surface area contributed by atoms with Gasteiger partial charge in [-0.05, 0) is 0 Å². The van der Waals surface area contributed by atoms with E-state index in [1.165, 1.54) is 0 Å². The Morgan fingerprint density at radius 1 is 1.60 bits per heavy atom. The topological polar surface area (TPSA) is 38.5 Å². The standard InChI is InChI=1S/C6H9NO2S/c1-6(7-2)3-4-10(8,9)5-6/h3-5H2,1H3. The molecule has 56 valence electrons. The first-order valence-electron chi connectivity index (χ1n) is 3.07. The number of hydrogen-bond acceptors (Lipinski definition) is 2. The molecule has 1 aliphatic rings. The highest BCUT2D eigenvalue weighted by Gasteiger charge is 2.43. The molecule has 1 saturated heterocycles. The van der Waals surface area contributed by atoms with Gasteiger partial charge in [-0.3, -0.25) is 0 Å². The van der Waals surface area contributed by atoms with Crippen molar-refractivity contribution in [2.45, 2.75) is 18.9 Å². The Kier molecular flexibility index (Phi) is 1.48. The lowest BCUT2D eigenvalue weighted by atomic mass is 10.0. The highest BCUT2D eigenvalue weighted by molar-refractivity contribution is 7.91. The van der Waals surface area contributed by atoms with Crippen molar-refractivity contribution in [3.05, 3.63) is 11.4 Å². The van der Waals surface area contributed by atoms with Crippen LogP contribution in [0.1, 0.15) is 13.3 Å². The summed E-state index contributed by atoms with van der Waals surface area (Å²) in [6, 6.07) is 0. The molecule has 1 unspecified atom stereocenters. The molecule has 3 nitrogen and oxygen atoms in total. The summed E-state index contributed by atoms with van der Waals surface area (Å²) in [6.45, 7) is 8.43. The zero-order chi connectivity index (χ0) is 7.83. The van der Waals surface area contributed by atoms with E-state index < -0.39 is 15.4 Å². The average molecular weight is 159 g/mol. The van der Waals surface area contributed by atoms with Crippen molar-refractivity contribution in [2.24, 2.45) is 0 Å². The van der Waals surface area contributed by atoms with Crippen molar-refractivity contribution in [3.8, 4) is 0 Å². The van der Waals surface area contributed by atoms with Crippen molar-refractivity contribution in [3.63, 3.8) is 0 Å². The van der Waals surface area contributed by atoms with Gasteiger partial charge in [0.1, 0.15) is 5.75 Å². The van der Waals surface area contributed by atoms with E-state index in [0.717, 1.165) is 0 Å². The van der Waals surface area contributed by atoms with E-state index in [9.17, 15) is 8.42 Å². The van der Waals surface area contributed by atoms with Crippen molar-refractivity contribution in [2.75, 3.05) is 11.5 Å². The fourth-order valence-electron chi connectivity index (χ4n) is 1.08. The maximum absolute atomic E-state index is 10.9. The molecule has 0 bridgehead atoms. The molecule has 1 atom stereocenters. The zero-order valence-corrected chi connectivity index (χ0v) is 6.61. The van der Waals surface area contributed by atoms with Gasteiger partial charge in [-0.2, -0.15) is 0 Å². The summed E-state index contributed by atoms with van der Waals surface area (Å²) in [4.78, 5) is 3.29. The summed E-state index contributed by atoms with van der Waals surface area (Å²) < 4.78 is 21.7. The van der Waals surface area contributed by atoms with Gasteiger partial charge >= 0.3 is 0 Å². The van der Waals surface area contributed by atoms with Gasteiger partial charge in [0.25, 0.3) is 0 Å². The quantitative estimate of drug-likeness (QED) is 0.482. The molecule has 10 heavy (non-hydrogen) atoms. The highest BCUT2D eigenvalue weighted by Crippen LogP contribution is 2.26. The molecule has 1 aliphatic heterocycles. The number of nitrogens with zero attached hydrogens (tertiary/aromatic N) is 1. The highest BCUT2D eigenvalue weighted by atomic mass is 32.2. The molecule has 1 rings (SSSR count). The minimum Gasteiger partial charge on any atom is -0.310 e. The Labute approximate surface area is 60.8 Å². The van der Waals surface area contributed by atoms with Gasteiger partial charge in [0.15, 0.2) is 9.84 Å². The second kappa shape index (κ2) is 1.96. The predicted octanol–water partition coefficient (Wildman–Crippen LogP) is 0.483. The monoisotopic (exact) mass is 159 g/mol. The first-order chi connectivity index (χ1) is 4.47. The van der Waals surface area contributed by atoms with E-state index in [1.54, 1.807) is 6.92 Å². The molecule has 4 heteroatoms. The summed E-state index contributed by atoms with van der Waals surface area (Å²) in [5.74, 6) is 0.232. The number of sulfone groups is 1. The second-order valence-electron chi connectivity index (χ2n) is 2.95. The maximum atomic E-state index is 10.9. The molecule has 0 aromatic rings. The molecule has 0 aromatic heterocycles.